The topological polar surface area (TPSA) is 45.2 Å². The molecule has 1 N–H and O–H groups in total. The number of carbonyl (C=O) groups is 1. The van der Waals surface area contributed by atoms with Gasteiger partial charge in [-0.1, -0.05) is 50.2 Å². The molecule has 3 rings (SSSR count). The highest BCUT2D eigenvalue weighted by atomic mass is 32.1. The third-order valence-electron chi connectivity index (χ3n) is 4.51. The van der Waals surface area contributed by atoms with Crippen molar-refractivity contribution in [3.05, 3.63) is 64.7 Å². The number of likely N-dealkylation sites (N-methyl/N-ethyl adjacent to an activating group) is 1. The summed E-state index contributed by atoms with van der Waals surface area (Å²) in [5.41, 5.74) is 3.60. The second kappa shape index (κ2) is 9.11. The zero-order valence-electron chi connectivity index (χ0n) is 16.2. The van der Waals surface area contributed by atoms with Crippen LogP contribution >= 0.6 is 11.3 Å². The highest BCUT2D eigenvalue weighted by molar-refractivity contribution is 7.18. The van der Waals surface area contributed by atoms with Crippen molar-refractivity contribution < 1.29 is 4.79 Å². The SMILES string of the molecule is CC(C)c1ccc(CN(C)CC(=O)NCCc2nc3ccccc3s2)cc1. The Bertz CT molecular complexity index is 853. The Morgan fingerprint density at radius 1 is 1.15 bits per heavy atom. The summed E-state index contributed by atoms with van der Waals surface area (Å²) in [4.78, 5) is 18.8. The van der Waals surface area contributed by atoms with Gasteiger partial charge in [-0.25, -0.2) is 4.98 Å². The monoisotopic (exact) mass is 381 g/mol. The van der Waals surface area contributed by atoms with Crippen LogP contribution in [0, 0.1) is 0 Å². The number of amides is 1. The van der Waals surface area contributed by atoms with Gasteiger partial charge in [0.15, 0.2) is 0 Å². The first-order valence-corrected chi connectivity index (χ1v) is 10.2. The molecule has 0 unspecified atom stereocenters. The lowest BCUT2D eigenvalue weighted by atomic mass is 10.0. The number of thiazole rings is 1. The van der Waals surface area contributed by atoms with Crippen molar-refractivity contribution in [2.75, 3.05) is 20.1 Å². The van der Waals surface area contributed by atoms with Crippen LogP contribution in [0.5, 0.6) is 0 Å². The van der Waals surface area contributed by atoms with Gasteiger partial charge in [0.1, 0.15) is 0 Å². The van der Waals surface area contributed by atoms with Crippen molar-refractivity contribution in [1.82, 2.24) is 15.2 Å². The summed E-state index contributed by atoms with van der Waals surface area (Å²) in [6.07, 6.45) is 0.769. The molecule has 5 heteroatoms. The average Bonchev–Trinajstić information content (AvgIpc) is 3.04. The number of hydrogen-bond donors (Lipinski definition) is 1. The van der Waals surface area contributed by atoms with Crippen LogP contribution in [-0.4, -0.2) is 35.9 Å². The molecule has 3 aromatic rings. The third kappa shape index (κ3) is 5.62. The summed E-state index contributed by atoms with van der Waals surface area (Å²) < 4.78 is 1.20. The third-order valence-corrected chi connectivity index (χ3v) is 5.61. The fraction of sp³-hybridized carbons (Fsp3) is 0.364. The maximum atomic E-state index is 12.2. The van der Waals surface area contributed by atoms with Crippen LogP contribution < -0.4 is 5.32 Å². The highest BCUT2D eigenvalue weighted by Gasteiger charge is 2.08. The van der Waals surface area contributed by atoms with Gasteiger partial charge in [-0.15, -0.1) is 11.3 Å². The lowest BCUT2D eigenvalue weighted by Crippen LogP contribution is -2.35. The average molecular weight is 382 g/mol. The Morgan fingerprint density at radius 3 is 2.59 bits per heavy atom. The van der Waals surface area contributed by atoms with Gasteiger partial charge in [0, 0.05) is 19.5 Å². The summed E-state index contributed by atoms with van der Waals surface area (Å²) in [5.74, 6) is 0.593. The number of carbonyl (C=O) groups excluding carboxylic acids is 1. The highest BCUT2D eigenvalue weighted by Crippen LogP contribution is 2.21. The largest absolute Gasteiger partial charge is 0.355 e. The lowest BCUT2D eigenvalue weighted by molar-refractivity contribution is -0.122. The molecule has 1 heterocycles. The van der Waals surface area contributed by atoms with E-state index in [0.717, 1.165) is 23.5 Å². The van der Waals surface area contributed by atoms with Crippen molar-refractivity contribution >= 4 is 27.5 Å². The van der Waals surface area contributed by atoms with E-state index in [4.69, 9.17) is 0 Å². The Labute approximate surface area is 165 Å². The Balaban J connectivity index is 1.41. The van der Waals surface area contributed by atoms with E-state index >= 15 is 0 Å². The van der Waals surface area contributed by atoms with Crippen molar-refractivity contribution in [3.63, 3.8) is 0 Å². The van der Waals surface area contributed by atoms with Crippen LogP contribution in [0.15, 0.2) is 48.5 Å². The summed E-state index contributed by atoms with van der Waals surface area (Å²) in [6, 6.07) is 16.8. The van der Waals surface area contributed by atoms with Crippen molar-refractivity contribution in [1.29, 1.82) is 0 Å². The van der Waals surface area contributed by atoms with E-state index in [1.165, 1.54) is 15.8 Å². The molecular formula is C22H27N3OS. The maximum Gasteiger partial charge on any atom is 0.234 e. The van der Waals surface area contributed by atoms with Crippen molar-refractivity contribution in [2.45, 2.75) is 32.7 Å². The number of aromatic nitrogens is 1. The summed E-state index contributed by atoms with van der Waals surface area (Å²) in [6.45, 7) is 6.17. The van der Waals surface area contributed by atoms with Crippen LogP contribution in [-0.2, 0) is 17.8 Å². The summed E-state index contributed by atoms with van der Waals surface area (Å²) in [7, 11) is 1.98. The first-order chi connectivity index (χ1) is 13.0. The number of rotatable bonds is 8. The minimum Gasteiger partial charge on any atom is -0.355 e. The van der Waals surface area contributed by atoms with Crippen LogP contribution in [0.4, 0.5) is 0 Å². The Hall–Kier alpha value is -2.24. The van der Waals surface area contributed by atoms with Crippen molar-refractivity contribution in [3.8, 4) is 0 Å². The predicted octanol–water partition coefficient (Wildman–Crippen LogP) is 4.21. The van der Waals surface area contributed by atoms with Gasteiger partial charge >= 0.3 is 0 Å². The minimum atomic E-state index is 0.0532. The number of fused-ring (bicyclic) bond motifs is 1. The molecule has 1 aromatic heterocycles. The molecule has 1 amide bonds. The number of benzene rings is 2. The van der Waals surface area contributed by atoms with E-state index in [-0.39, 0.29) is 5.91 Å². The number of hydrogen-bond acceptors (Lipinski definition) is 4. The minimum absolute atomic E-state index is 0.0532. The van der Waals surface area contributed by atoms with Crippen molar-refractivity contribution in [2.24, 2.45) is 0 Å². The molecule has 0 fully saturated rings. The molecular weight excluding hydrogens is 354 g/mol. The fourth-order valence-corrected chi connectivity index (χ4v) is 3.98. The second-order valence-corrected chi connectivity index (χ2v) is 8.36. The van der Waals surface area contributed by atoms with Gasteiger partial charge in [0.25, 0.3) is 0 Å². The van der Waals surface area contributed by atoms with Gasteiger partial charge in [0.2, 0.25) is 5.91 Å². The van der Waals surface area contributed by atoms with E-state index in [1.54, 1.807) is 11.3 Å². The molecule has 0 aliphatic carbocycles. The number of para-hydroxylation sites is 1. The van der Waals surface area contributed by atoms with Gasteiger partial charge in [-0.2, -0.15) is 0 Å². The molecule has 0 aliphatic rings. The molecule has 4 nitrogen and oxygen atoms in total. The quantitative estimate of drug-likeness (QED) is 0.636. The van der Waals surface area contributed by atoms with Crippen LogP contribution in [0.1, 0.15) is 35.9 Å². The van der Waals surface area contributed by atoms with E-state index in [0.29, 0.717) is 19.0 Å². The smallest absolute Gasteiger partial charge is 0.234 e. The van der Waals surface area contributed by atoms with Crippen LogP contribution in [0.2, 0.25) is 0 Å². The normalized spacial score (nSPS) is 11.4. The summed E-state index contributed by atoms with van der Waals surface area (Å²) in [5, 5.41) is 4.07. The zero-order valence-corrected chi connectivity index (χ0v) is 17.1. The van der Waals surface area contributed by atoms with E-state index in [2.05, 4.69) is 54.5 Å². The Kier molecular flexibility index (Phi) is 6.58. The zero-order chi connectivity index (χ0) is 19.2. The van der Waals surface area contributed by atoms with Gasteiger partial charge < -0.3 is 5.32 Å². The molecule has 0 saturated heterocycles. The van der Waals surface area contributed by atoms with Gasteiger partial charge in [-0.05, 0) is 36.2 Å². The molecule has 0 atom stereocenters. The van der Waals surface area contributed by atoms with E-state index < -0.39 is 0 Å². The second-order valence-electron chi connectivity index (χ2n) is 7.24. The number of nitrogens with zero attached hydrogens (tertiary/aromatic N) is 2. The van der Waals surface area contributed by atoms with Gasteiger partial charge in [0.05, 0.1) is 21.8 Å². The molecule has 142 valence electrons. The van der Waals surface area contributed by atoms with Crippen LogP contribution in [0.3, 0.4) is 0 Å². The molecule has 0 spiro atoms. The molecule has 0 radical (unpaired) electrons. The predicted molar refractivity (Wildman–Crippen MR) is 113 cm³/mol. The fourth-order valence-electron chi connectivity index (χ4n) is 3.01. The van der Waals surface area contributed by atoms with E-state index in [1.807, 2.05) is 30.1 Å². The molecule has 0 aliphatic heterocycles. The maximum absolute atomic E-state index is 12.2. The van der Waals surface area contributed by atoms with Crippen LogP contribution in [0.25, 0.3) is 10.2 Å². The first kappa shape index (κ1) is 19.5. The van der Waals surface area contributed by atoms with Gasteiger partial charge in [-0.3, -0.25) is 9.69 Å². The number of nitrogens with one attached hydrogen (secondary N) is 1. The molecule has 0 bridgehead atoms. The first-order valence-electron chi connectivity index (χ1n) is 9.40. The Morgan fingerprint density at radius 2 is 1.89 bits per heavy atom. The lowest BCUT2D eigenvalue weighted by Gasteiger charge is -2.17. The van der Waals surface area contributed by atoms with E-state index in [9.17, 15) is 4.79 Å². The molecule has 27 heavy (non-hydrogen) atoms. The summed E-state index contributed by atoms with van der Waals surface area (Å²) >= 11 is 1.69. The molecule has 0 saturated carbocycles. The standard InChI is InChI=1S/C22H27N3OS/c1-16(2)18-10-8-17(9-11-18)14-25(3)15-21(26)23-13-12-22-24-19-6-4-5-7-20(19)27-22/h4-11,16H,12-15H2,1-3H3,(H,23,26). The molecule has 2 aromatic carbocycles.